The zero-order valence-corrected chi connectivity index (χ0v) is 12.3. The molecule has 3 rings (SSSR count). The van der Waals surface area contributed by atoms with Gasteiger partial charge in [0.05, 0.1) is 5.02 Å². The Balaban J connectivity index is 1.77. The smallest absolute Gasteiger partial charge is 0.141 e. The summed E-state index contributed by atoms with van der Waals surface area (Å²) in [6, 6.07) is 5.76. The van der Waals surface area contributed by atoms with Crippen LogP contribution in [0, 0.1) is 5.82 Å². The van der Waals surface area contributed by atoms with E-state index < -0.39 is 0 Å². The van der Waals surface area contributed by atoms with E-state index in [0.29, 0.717) is 12.6 Å². The molecular formula is C15H21ClFN3. The maximum absolute atomic E-state index is 13.3. The zero-order chi connectivity index (χ0) is 14.1. The van der Waals surface area contributed by atoms with E-state index in [9.17, 15) is 4.39 Å². The maximum atomic E-state index is 13.3. The molecule has 5 heteroatoms. The van der Waals surface area contributed by atoms with Crippen LogP contribution in [0.15, 0.2) is 18.2 Å². The summed E-state index contributed by atoms with van der Waals surface area (Å²) >= 11 is 5.90. The molecule has 2 unspecified atom stereocenters. The van der Waals surface area contributed by atoms with Crippen molar-refractivity contribution in [3.05, 3.63) is 34.6 Å². The highest BCUT2D eigenvalue weighted by atomic mass is 35.5. The van der Waals surface area contributed by atoms with Gasteiger partial charge in [0.15, 0.2) is 0 Å². The first-order valence-corrected chi connectivity index (χ1v) is 7.70. The van der Waals surface area contributed by atoms with Gasteiger partial charge in [-0.1, -0.05) is 17.7 Å². The van der Waals surface area contributed by atoms with Gasteiger partial charge in [-0.25, -0.2) is 4.39 Å². The average molecular weight is 298 g/mol. The lowest BCUT2D eigenvalue weighted by atomic mass is 10.0. The fourth-order valence-corrected chi connectivity index (χ4v) is 3.70. The average Bonchev–Trinajstić information content (AvgIpc) is 2.91. The van der Waals surface area contributed by atoms with Gasteiger partial charge in [-0.3, -0.25) is 9.80 Å². The number of nitrogens with zero attached hydrogens (tertiary/aromatic N) is 2. The van der Waals surface area contributed by atoms with Gasteiger partial charge in [-0.15, -0.1) is 0 Å². The second kappa shape index (κ2) is 5.98. The van der Waals surface area contributed by atoms with Crippen LogP contribution < -0.4 is 5.73 Å². The Morgan fingerprint density at radius 1 is 1.35 bits per heavy atom. The summed E-state index contributed by atoms with van der Waals surface area (Å²) in [5.41, 5.74) is 6.99. The van der Waals surface area contributed by atoms with Crippen LogP contribution in [0.3, 0.4) is 0 Å². The van der Waals surface area contributed by atoms with E-state index in [1.165, 1.54) is 25.5 Å². The third-order valence-corrected chi connectivity index (χ3v) is 4.90. The van der Waals surface area contributed by atoms with Crippen molar-refractivity contribution in [3.8, 4) is 0 Å². The summed E-state index contributed by atoms with van der Waals surface area (Å²) in [4.78, 5) is 5.00. The number of halogens is 2. The van der Waals surface area contributed by atoms with Crippen LogP contribution in [-0.2, 0) is 0 Å². The quantitative estimate of drug-likeness (QED) is 0.929. The van der Waals surface area contributed by atoms with E-state index in [0.717, 1.165) is 25.2 Å². The number of nitrogens with two attached hydrogens (primary N) is 1. The molecule has 0 spiro atoms. The predicted octanol–water partition coefficient (Wildman–Crippen LogP) is 2.26. The highest BCUT2D eigenvalue weighted by Crippen LogP contribution is 2.29. The molecule has 1 aromatic carbocycles. The fraction of sp³-hybridized carbons (Fsp3) is 0.600. The van der Waals surface area contributed by atoms with Crippen molar-refractivity contribution in [1.82, 2.24) is 9.80 Å². The van der Waals surface area contributed by atoms with Gasteiger partial charge in [-0.05, 0) is 37.1 Å². The molecule has 110 valence electrons. The highest BCUT2D eigenvalue weighted by molar-refractivity contribution is 6.30. The lowest BCUT2D eigenvalue weighted by molar-refractivity contribution is 0.0737. The number of hydrogen-bond acceptors (Lipinski definition) is 3. The van der Waals surface area contributed by atoms with Crippen molar-refractivity contribution in [1.29, 1.82) is 0 Å². The Hall–Kier alpha value is -0.680. The van der Waals surface area contributed by atoms with Crippen LogP contribution in [0.25, 0.3) is 0 Å². The summed E-state index contributed by atoms with van der Waals surface area (Å²) in [7, 11) is 0. The predicted molar refractivity (Wildman–Crippen MR) is 79.4 cm³/mol. The van der Waals surface area contributed by atoms with E-state index in [-0.39, 0.29) is 16.9 Å². The molecular weight excluding hydrogens is 277 g/mol. The number of piperazine rings is 1. The van der Waals surface area contributed by atoms with E-state index >= 15 is 0 Å². The summed E-state index contributed by atoms with van der Waals surface area (Å²) < 4.78 is 13.3. The highest BCUT2D eigenvalue weighted by Gasteiger charge is 2.33. The lowest BCUT2D eigenvalue weighted by Crippen LogP contribution is -2.52. The molecule has 2 aliphatic heterocycles. The zero-order valence-electron chi connectivity index (χ0n) is 11.6. The summed E-state index contributed by atoms with van der Waals surface area (Å²) in [5.74, 6) is -0.369. The molecule has 2 fully saturated rings. The normalized spacial score (nSPS) is 25.6. The molecule has 20 heavy (non-hydrogen) atoms. The van der Waals surface area contributed by atoms with Gasteiger partial charge in [0.25, 0.3) is 0 Å². The fourth-order valence-electron chi connectivity index (χ4n) is 3.51. The second-order valence-electron chi connectivity index (χ2n) is 5.75. The van der Waals surface area contributed by atoms with Gasteiger partial charge in [0.2, 0.25) is 0 Å². The van der Waals surface area contributed by atoms with E-state index in [1.807, 2.05) is 0 Å². The van der Waals surface area contributed by atoms with Crippen LogP contribution >= 0.6 is 11.6 Å². The van der Waals surface area contributed by atoms with Crippen LogP contribution in [-0.4, -0.2) is 48.6 Å². The SMILES string of the molecule is NCC(c1ccc(F)c(Cl)c1)N1CCN2CCCC2C1. The van der Waals surface area contributed by atoms with Crippen LogP contribution in [0.5, 0.6) is 0 Å². The number of hydrogen-bond donors (Lipinski definition) is 1. The minimum atomic E-state index is -0.369. The summed E-state index contributed by atoms with van der Waals surface area (Å²) in [6.07, 6.45) is 2.58. The molecule has 0 radical (unpaired) electrons. The first-order chi connectivity index (χ1) is 9.69. The summed E-state index contributed by atoms with van der Waals surface area (Å²) in [5, 5.41) is 0.181. The van der Waals surface area contributed by atoms with Crippen molar-refractivity contribution < 1.29 is 4.39 Å². The number of rotatable bonds is 3. The first-order valence-electron chi connectivity index (χ1n) is 7.32. The van der Waals surface area contributed by atoms with Crippen molar-refractivity contribution in [3.63, 3.8) is 0 Å². The maximum Gasteiger partial charge on any atom is 0.141 e. The second-order valence-corrected chi connectivity index (χ2v) is 6.16. The van der Waals surface area contributed by atoms with Crippen molar-refractivity contribution >= 4 is 11.6 Å². The molecule has 0 aliphatic carbocycles. The summed E-state index contributed by atoms with van der Waals surface area (Å²) in [6.45, 7) is 4.95. The molecule has 0 saturated carbocycles. The largest absolute Gasteiger partial charge is 0.329 e. The van der Waals surface area contributed by atoms with E-state index in [1.54, 1.807) is 12.1 Å². The molecule has 2 heterocycles. The molecule has 2 saturated heterocycles. The minimum Gasteiger partial charge on any atom is -0.329 e. The lowest BCUT2D eigenvalue weighted by Gasteiger charge is -2.41. The Bertz CT molecular complexity index is 482. The minimum absolute atomic E-state index is 0.135. The molecule has 3 nitrogen and oxygen atoms in total. The van der Waals surface area contributed by atoms with E-state index in [4.69, 9.17) is 17.3 Å². The Morgan fingerprint density at radius 2 is 2.20 bits per heavy atom. The standard InChI is InChI=1S/C15H21ClFN3/c16-13-8-11(3-4-14(13)17)15(9-18)20-7-6-19-5-1-2-12(19)10-20/h3-4,8,12,15H,1-2,5-7,9-10,18H2. The number of fused-ring (bicyclic) bond motifs is 1. The van der Waals surface area contributed by atoms with Gasteiger partial charge >= 0.3 is 0 Å². The first kappa shape index (κ1) is 14.3. The monoisotopic (exact) mass is 297 g/mol. The number of benzene rings is 1. The molecule has 0 aromatic heterocycles. The molecule has 2 aliphatic rings. The van der Waals surface area contributed by atoms with Crippen molar-refractivity contribution in [2.75, 3.05) is 32.7 Å². The van der Waals surface area contributed by atoms with Crippen molar-refractivity contribution in [2.24, 2.45) is 5.73 Å². The van der Waals surface area contributed by atoms with Crippen LogP contribution in [0.1, 0.15) is 24.4 Å². The van der Waals surface area contributed by atoms with Crippen LogP contribution in [0.2, 0.25) is 5.02 Å². The Labute approximate surface area is 124 Å². The third-order valence-electron chi connectivity index (χ3n) is 4.61. The van der Waals surface area contributed by atoms with Gasteiger partial charge in [-0.2, -0.15) is 0 Å². The van der Waals surface area contributed by atoms with E-state index in [2.05, 4.69) is 9.80 Å². The molecule has 0 bridgehead atoms. The topological polar surface area (TPSA) is 32.5 Å². The third kappa shape index (κ3) is 2.70. The van der Waals surface area contributed by atoms with Crippen molar-refractivity contribution in [2.45, 2.75) is 24.9 Å². The van der Waals surface area contributed by atoms with Gasteiger partial charge in [0.1, 0.15) is 5.82 Å². The molecule has 2 atom stereocenters. The Kier molecular flexibility index (Phi) is 4.26. The molecule has 1 aromatic rings. The van der Waals surface area contributed by atoms with Gasteiger partial charge < -0.3 is 5.73 Å². The van der Waals surface area contributed by atoms with Crippen LogP contribution in [0.4, 0.5) is 4.39 Å². The Morgan fingerprint density at radius 3 is 2.95 bits per heavy atom. The van der Waals surface area contributed by atoms with Gasteiger partial charge in [0, 0.05) is 38.3 Å². The molecule has 2 N–H and O–H groups in total. The molecule has 0 amide bonds.